The lowest BCUT2D eigenvalue weighted by Crippen LogP contribution is -2.21. The van der Waals surface area contributed by atoms with Gasteiger partial charge in [0, 0.05) is 11.1 Å². The van der Waals surface area contributed by atoms with Crippen LogP contribution in [0.15, 0.2) is 84.3 Å². The van der Waals surface area contributed by atoms with E-state index in [1.54, 1.807) is 7.11 Å². The van der Waals surface area contributed by atoms with Gasteiger partial charge in [0.15, 0.2) is 11.5 Å². The van der Waals surface area contributed by atoms with Crippen LogP contribution in [0.1, 0.15) is 29.5 Å². The molecule has 3 N–H and O–H groups in total. The van der Waals surface area contributed by atoms with Crippen LogP contribution in [0.25, 0.3) is 11.3 Å². The maximum atomic E-state index is 10.2. The Balaban J connectivity index is 1.64. The molecule has 186 valence electrons. The zero-order valence-corrected chi connectivity index (χ0v) is 20.5. The Bertz CT molecular complexity index is 1470. The van der Waals surface area contributed by atoms with E-state index in [4.69, 9.17) is 24.7 Å². The molecule has 8 heteroatoms. The number of nitrogens with zero attached hydrogens (tertiary/aromatic N) is 2. The van der Waals surface area contributed by atoms with Crippen molar-refractivity contribution in [3.8, 4) is 40.5 Å². The number of rotatable bonds is 8. The Labute approximate surface area is 214 Å². The molecule has 0 amide bonds. The molecule has 0 saturated heterocycles. The first kappa shape index (κ1) is 23.8. The minimum atomic E-state index is -0.602. The van der Waals surface area contributed by atoms with Gasteiger partial charge in [0.05, 0.1) is 30.9 Å². The molecule has 0 spiro atoms. The Morgan fingerprint density at radius 3 is 2.51 bits per heavy atom. The number of hydrogen-bond acceptors (Lipinski definition) is 7. The van der Waals surface area contributed by atoms with Crippen molar-refractivity contribution >= 4 is 0 Å². The monoisotopic (exact) mass is 494 g/mol. The van der Waals surface area contributed by atoms with Crippen LogP contribution in [0, 0.1) is 11.3 Å². The Hall–Kier alpha value is -4.90. The Morgan fingerprint density at radius 2 is 1.81 bits per heavy atom. The van der Waals surface area contributed by atoms with Gasteiger partial charge in [0.1, 0.15) is 24.0 Å². The molecular weight excluding hydrogens is 468 g/mol. The lowest BCUT2D eigenvalue weighted by molar-refractivity contribution is 0.280. The topological polar surface area (TPSA) is 115 Å². The number of para-hydroxylation sites is 1. The quantitative estimate of drug-likeness (QED) is 0.342. The molecule has 1 aliphatic heterocycles. The van der Waals surface area contributed by atoms with E-state index < -0.39 is 5.92 Å². The summed E-state index contributed by atoms with van der Waals surface area (Å²) < 4.78 is 23.3. The van der Waals surface area contributed by atoms with E-state index in [1.165, 1.54) is 0 Å². The first-order chi connectivity index (χ1) is 18.1. The van der Waals surface area contributed by atoms with E-state index >= 15 is 0 Å². The molecule has 0 saturated carbocycles. The van der Waals surface area contributed by atoms with Crippen molar-refractivity contribution in [2.45, 2.75) is 19.4 Å². The van der Waals surface area contributed by atoms with Gasteiger partial charge in [-0.3, -0.25) is 5.10 Å². The van der Waals surface area contributed by atoms with Crippen molar-refractivity contribution in [1.29, 1.82) is 5.26 Å². The summed E-state index contributed by atoms with van der Waals surface area (Å²) >= 11 is 0. The third kappa shape index (κ3) is 4.55. The largest absolute Gasteiger partial charge is 0.494 e. The van der Waals surface area contributed by atoms with Crippen LogP contribution in [0.3, 0.4) is 0 Å². The number of H-pyrrole nitrogens is 1. The minimum absolute atomic E-state index is 0.00146. The van der Waals surface area contributed by atoms with E-state index in [0.717, 1.165) is 16.9 Å². The highest BCUT2D eigenvalue weighted by molar-refractivity contribution is 5.72. The predicted octanol–water partition coefficient (Wildman–Crippen LogP) is 5.28. The van der Waals surface area contributed by atoms with Crippen LogP contribution in [-0.2, 0) is 6.61 Å². The van der Waals surface area contributed by atoms with Gasteiger partial charge in [0.25, 0.3) is 0 Å². The van der Waals surface area contributed by atoms with Gasteiger partial charge in [-0.1, -0.05) is 42.5 Å². The molecule has 37 heavy (non-hydrogen) atoms. The van der Waals surface area contributed by atoms with Crippen LogP contribution in [0.5, 0.6) is 23.1 Å². The fraction of sp³-hybridized carbons (Fsp3) is 0.172. The average Bonchev–Trinajstić information content (AvgIpc) is 3.35. The van der Waals surface area contributed by atoms with E-state index in [2.05, 4.69) is 16.3 Å². The summed E-state index contributed by atoms with van der Waals surface area (Å²) in [5, 5.41) is 17.6. The second kappa shape index (κ2) is 10.4. The van der Waals surface area contributed by atoms with Crippen molar-refractivity contribution in [3.63, 3.8) is 0 Å². The molecule has 3 aromatic carbocycles. The van der Waals surface area contributed by atoms with Crippen LogP contribution < -0.4 is 24.7 Å². The third-order valence-corrected chi connectivity index (χ3v) is 6.16. The zero-order chi connectivity index (χ0) is 25.8. The number of fused-ring (bicyclic) bond motifs is 1. The van der Waals surface area contributed by atoms with Crippen LogP contribution in [-0.4, -0.2) is 23.9 Å². The molecule has 0 fully saturated rings. The van der Waals surface area contributed by atoms with E-state index in [0.29, 0.717) is 47.4 Å². The van der Waals surface area contributed by atoms with Gasteiger partial charge < -0.3 is 24.7 Å². The maximum absolute atomic E-state index is 10.2. The molecular formula is C29H26N4O4. The second-order valence-corrected chi connectivity index (χ2v) is 8.35. The van der Waals surface area contributed by atoms with E-state index in [1.807, 2.05) is 79.7 Å². The molecule has 5 rings (SSSR count). The molecule has 4 aromatic rings. The Kier molecular flexibility index (Phi) is 6.68. The number of allylic oxidation sites excluding steroid dienone is 1. The van der Waals surface area contributed by atoms with Gasteiger partial charge in [-0.25, -0.2) is 0 Å². The number of nitriles is 1. The van der Waals surface area contributed by atoms with Gasteiger partial charge >= 0.3 is 0 Å². The first-order valence-corrected chi connectivity index (χ1v) is 11.9. The number of methoxy groups -OCH3 is 1. The Morgan fingerprint density at radius 1 is 1.03 bits per heavy atom. The standard InChI is InChI=1S/C29H26N4O4/c1-3-35-20-14-12-19(13-15-20)26-25-24(22(16-30)28(31)37-29(25)33-32-26)21-10-7-11-23(34-2)27(21)36-17-18-8-5-4-6-9-18/h4-15,24H,3,17,31H2,1-2H3,(H,32,33). The molecule has 1 unspecified atom stereocenters. The fourth-order valence-corrected chi connectivity index (χ4v) is 4.47. The van der Waals surface area contributed by atoms with Crippen molar-refractivity contribution in [2.75, 3.05) is 13.7 Å². The maximum Gasteiger partial charge on any atom is 0.244 e. The number of benzene rings is 3. The molecule has 0 aliphatic carbocycles. The molecule has 1 aromatic heterocycles. The second-order valence-electron chi connectivity index (χ2n) is 8.35. The van der Waals surface area contributed by atoms with Crippen LogP contribution >= 0.6 is 0 Å². The highest BCUT2D eigenvalue weighted by Gasteiger charge is 2.37. The minimum Gasteiger partial charge on any atom is -0.494 e. The normalized spacial score (nSPS) is 14.4. The number of hydrogen-bond donors (Lipinski definition) is 2. The summed E-state index contributed by atoms with van der Waals surface area (Å²) in [5.41, 5.74) is 10.4. The highest BCUT2D eigenvalue weighted by atomic mass is 16.5. The number of nitrogens with one attached hydrogen (secondary N) is 1. The molecule has 0 bridgehead atoms. The smallest absolute Gasteiger partial charge is 0.244 e. The summed E-state index contributed by atoms with van der Waals surface area (Å²) in [7, 11) is 1.59. The summed E-state index contributed by atoms with van der Waals surface area (Å²) in [4.78, 5) is 0. The van der Waals surface area contributed by atoms with Crippen molar-refractivity contribution < 1.29 is 18.9 Å². The number of aromatic amines is 1. The fourth-order valence-electron chi connectivity index (χ4n) is 4.47. The van der Waals surface area contributed by atoms with Crippen molar-refractivity contribution in [1.82, 2.24) is 10.2 Å². The number of nitrogens with two attached hydrogens (primary N) is 1. The summed E-state index contributed by atoms with van der Waals surface area (Å²) in [5.74, 6) is 1.53. The molecule has 2 heterocycles. The van der Waals surface area contributed by atoms with Gasteiger partial charge in [0.2, 0.25) is 11.8 Å². The van der Waals surface area contributed by atoms with Crippen LogP contribution in [0.4, 0.5) is 0 Å². The molecule has 1 atom stereocenters. The lowest BCUT2D eigenvalue weighted by Gasteiger charge is -2.26. The third-order valence-electron chi connectivity index (χ3n) is 6.16. The van der Waals surface area contributed by atoms with E-state index in [9.17, 15) is 5.26 Å². The average molecular weight is 495 g/mol. The van der Waals surface area contributed by atoms with Gasteiger partial charge in [-0.15, -0.1) is 5.10 Å². The lowest BCUT2D eigenvalue weighted by atomic mass is 9.82. The number of ether oxygens (including phenoxy) is 4. The zero-order valence-electron chi connectivity index (χ0n) is 20.5. The van der Waals surface area contributed by atoms with Crippen molar-refractivity contribution in [3.05, 3.63) is 101 Å². The highest BCUT2D eigenvalue weighted by Crippen LogP contribution is 2.49. The summed E-state index contributed by atoms with van der Waals surface area (Å²) in [6.07, 6.45) is 0. The van der Waals surface area contributed by atoms with Crippen LogP contribution in [0.2, 0.25) is 0 Å². The van der Waals surface area contributed by atoms with Gasteiger partial charge in [-0.2, -0.15) is 5.26 Å². The van der Waals surface area contributed by atoms with Crippen molar-refractivity contribution in [2.24, 2.45) is 5.73 Å². The molecule has 1 aliphatic rings. The van der Waals surface area contributed by atoms with Gasteiger partial charge in [-0.05, 0) is 42.8 Å². The first-order valence-electron chi connectivity index (χ1n) is 11.9. The molecule has 8 nitrogen and oxygen atoms in total. The molecule has 0 radical (unpaired) electrons. The SMILES string of the molecule is CCOc1ccc(-c2[nH]nc3c2C(c2cccc(OC)c2OCc2ccccc2)C(C#N)=C(N)O3)cc1. The van der Waals surface area contributed by atoms with E-state index in [-0.39, 0.29) is 11.5 Å². The number of aromatic nitrogens is 2. The predicted molar refractivity (Wildman–Crippen MR) is 138 cm³/mol. The summed E-state index contributed by atoms with van der Waals surface area (Å²) in [6.45, 7) is 2.83. The summed E-state index contributed by atoms with van der Waals surface area (Å²) in [6, 6.07) is 25.3.